The van der Waals surface area contributed by atoms with Crippen molar-refractivity contribution in [3.8, 4) is 0 Å². The molecule has 1 aromatic carbocycles. The lowest BCUT2D eigenvalue weighted by Crippen LogP contribution is -2.51. The number of ether oxygens (including phenoxy) is 1. The zero-order chi connectivity index (χ0) is 16.4. The molecule has 6 nitrogen and oxygen atoms in total. The van der Waals surface area contributed by atoms with Crippen LogP contribution in [-0.2, 0) is 14.8 Å². The molecule has 1 aromatic heterocycles. The summed E-state index contributed by atoms with van der Waals surface area (Å²) in [7, 11) is -1.96. The fourth-order valence-corrected chi connectivity index (χ4v) is 5.06. The van der Waals surface area contributed by atoms with Crippen molar-refractivity contribution in [3.63, 3.8) is 0 Å². The molecule has 2 N–H and O–H groups in total. The van der Waals surface area contributed by atoms with E-state index in [0.29, 0.717) is 29.7 Å². The second-order valence-corrected chi connectivity index (χ2v) is 7.60. The SMILES string of the molecule is COC1CCN(S(=O)(=O)c2cccc3cnccc23)C(CN)C1. The van der Waals surface area contributed by atoms with Gasteiger partial charge in [-0.1, -0.05) is 12.1 Å². The Morgan fingerprint density at radius 3 is 2.96 bits per heavy atom. The van der Waals surface area contributed by atoms with E-state index in [9.17, 15) is 8.42 Å². The number of fused-ring (bicyclic) bond motifs is 1. The molecule has 2 aromatic rings. The summed E-state index contributed by atoms with van der Waals surface area (Å²) in [4.78, 5) is 4.37. The highest BCUT2D eigenvalue weighted by atomic mass is 32.2. The molecule has 0 saturated carbocycles. The lowest BCUT2D eigenvalue weighted by Gasteiger charge is -2.37. The minimum atomic E-state index is -3.61. The van der Waals surface area contributed by atoms with Crippen LogP contribution < -0.4 is 5.73 Å². The summed E-state index contributed by atoms with van der Waals surface area (Å²) in [5.74, 6) is 0. The smallest absolute Gasteiger partial charge is 0.243 e. The zero-order valence-electron chi connectivity index (χ0n) is 13.1. The summed E-state index contributed by atoms with van der Waals surface area (Å²) in [5.41, 5.74) is 5.83. The minimum Gasteiger partial charge on any atom is -0.381 e. The van der Waals surface area contributed by atoms with Gasteiger partial charge in [-0.3, -0.25) is 4.98 Å². The van der Waals surface area contributed by atoms with Crippen molar-refractivity contribution in [1.29, 1.82) is 0 Å². The van der Waals surface area contributed by atoms with Crippen molar-refractivity contribution in [2.24, 2.45) is 5.73 Å². The molecule has 2 heterocycles. The summed E-state index contributed by atoms with van der Waals surface area (Å²) in [6.07, 6.45) is 4.65. The van der Waals surface area contributed by atoms with E-state index in [1.807, 2.05) is 6.07 Å². The van der Waals surface area contributed by atoms with E-state index >= 15 is 0 Å². The molecule has 0 bridgehead atoms. The Hall–Kier alpha value is -1.54. The third kappa shape index (κ3) is 2.97. The quantitative estimate of drug-likeness (QED) is 0.912. The summed E-state index contributed by atoms with van der Waals surface area (Å²) in [6.45, 7) is 0.704. The molecule has 2 unspecified atom stereocenters. The number of aromatic nitrogens is 1. The van der Waals surface area contributed by atoms with Gasteiger partial charge >= 0.3 is 0 Å². The third-order valence-corrected chi connectivity index (χ3v) is 6.46. The highest BCUT2D eigenvalue weighted by Crippen LogP contribution is 2.30. The predicted molar refractivity (Wildman–Crippen MR) is 88.5 cm³/mol. The number of piperidine rings is 1. The summed E-state index contributed by atoms with van der Waals surface area (Å²) in [5, 5.41) is 1.50. The maximum Gasteiger partial charge on any atom is 0.243 e. The van der Waals surface area contributed by atoms with Crippen LogP contribution in [-0.4, -0.2) is 50.1 Å². The van der Waals surface area contributed by atoms with Gasteiger partial charge in [0.2, 0.25) is 10.0 Å². The van der Waals surface area contributed by atoms with Crippen LogP contribution in [0.3, 0.4) is 0 Å². The first-order chi connectivity index (χ1) is 11.1. The Balaban J connectivity index is 2.03. The maximum absolute atomic E-state index is 13.2. The van der Waals surface area contributed by atoms with Crippen LogP contribution in [0.4, 0.5) is 0 Å². The lowest BCUT2D eigenvalue weighted by molar-refractivity contribution is 0.0402. The van der Waals surface area contributed by atoms with E-state index in [1.54, 1.807) is 37.7 Å². The Kier molecular flexibility index (Phi) is 4.63. The number of hydrogen-bond donors (Lipinski definition) is 1. The van der Waals surface area contributed by atoms with Crippen molar-refractivity contribution < 1.29 is 13.2 Å². The molecule has 3 rings (SSSR count). The fourth-order valence-electron chi connectivity index (χ4n) is 3.18. The predicted octanol–water partition coefficient (Wildman–Crippen LogP) is 1.36. The first-order valence-electron chi connectivity index (χ1n) is 7.65. The molecular formula is C16H21N3O3S. The highest BCUT2D eigenvalue weighted by Gasteiger charge is 2.36. The fraction of sp³-hybridized carbons (Fsp3) is 0.438. The van der Waals surface area contributed by atoms with Gasteiger partial charge < -0.3 is 10.5 Å². The molecule has 2 atom stereocenters. The minimum absolute atomic E-state index is 0.0618. The molecule has 7 heteroatoms. The van der Waals surface area contributed by atoms with Gasteiger partial charge in [0.15, 0.2) is 0 Å². The van der Waals surface area contributed by atoms with Gasteiger partial charge in [-0.05, 0) is 25.0 Å². The van der Waals surface area contributed by atoms with Gasteiger partial charge in [0.25, 0.3) is 0 Å². The Morgan fingerprint density at radius 1 is 1.39 bits per heavy atom. The molecule has 0 spiro atoms. The third-order valence-electron chi connectivity index (χ3n) is 4.45. The molecule has 23 heavy (non-hydrogen) atoms. The highest BCUT2D eigenvalue weighted by molar-refractivity contribution is 7.89. The van der Waals surface area contributed by atoms with E-state index in [2.05, 4.69) is 4.98 Å². The molecule has 124 valence electrons. The largest absolute Gasteiger partial charge is 0.381 e. The average molecular weight is 335 g/mol. The van der Waals surface area contributed by atoms with Gasteiger partial charge in [-0.2, -0.15) is 4.31 Å². The van der Waals surface area contributed by atoms with Crippen molar-refractivity contribution >= 4 is 20.8 Å². The van der Waals surface area contributed by atoms with Crippen LogP contribution >= 0.6 is 0 Å². The standard InChI is InChI=1S/C16H21N3O3S/c1-22-14-6-8-19(13(9-14)10-17)23(20,21)16-4-2-3-12-11-18-7-5-15(12)16/h2-5,7,11,13-14H,6,8-10,17H2,1H3. The molecule has 1 fully saturated rings. The number of methoxy groups -OCH3 is 1. The number of hydrogen-bond acceptors (Lipinski definition) is 5. The Morgan fingerprint density at radius 2 is 2.22 bits per heavy atom. The van der Waals surface area contributed by atoms with Crippen molar-refractivity contribution in [2.75, 3.05) is 20.2 Å². The normalized spacial score (nSPS) is 23.2. The topological polar surface area (TPSA) is 85.5 Å². The van der Waals surface area contributed by atoms with E-state index in [0.717, 1.165) is 5.39 Å². The van der Waals surface area contributed by atoms with Gasteiger partial charge in [0, 0.05) is 49.4 Å². The molecule has 0 radical (unpaired) electrons. The van der Waals surface area contributed by atoms with Gasteiger partial charge in [0.05, 0.1) is 11.0 Å². The van der Waals surface area contributed by atoms with E-state index in [1.165, 1.54) is 4.31 Å². The summed E-state index contributed by atoms with van der Waals surface area (Å²) < 4.78 is 33.2. The first-order valence-corrected chi connectivity index (χ1v) is 9.09. The van der Waals surface area contributed by atoms with Crippen molar-refractivity contribution in [1.82, 2.24) is 9.29 Å². The van der Waals surface area contributed by atoms with E-state index < -0.39 is 10.0 Å². The van der Waals surface area contributed by atoms with Crippen LogP contribution in [0.1, 0.15) is 12.8 Å². The monoisotopic (exact) mass is 335 g/mol. The summed E-state index contributed by atoms with van der Waals surface area (Å²) >= 11 is 0. The van der Waals surface area contributed by atoms with Crippen LogP contribution in [0, 0.1) is 0 Å². The van der Waals surface area contributed by atoms with E-state index in [4.69, 9.17) is 10.5 Å². The number of rotatable bonds is 4. The second kappa shape index (κ2) is 6.52. The summed E-state index contributed by atoms with van der Waals surface area (Å²) in [6, 6.07) is 6.75. The first kappa shape index (κ1) is 16.3. The molecule has 1 aliphatic heterocycles. The van der Waals surface area contributed by atoms with Crippen LogP contribution in [0.15, 0.2) is 41.6 Å². The lowest BCUT2D eigenvalue weighted by atomic mass is 10.0. The van der Waals surface area contributed by atoms with E-state index in [-0.39, 0.29) is 18.7 Å². The van der Waals surface area contributed by atoms with Crippen LogP contribution in [0.5, 0.6) is 0 Å². The van der Waals surface area contributed by atoms with Gasteiger partial charge in [-0.15, -0.1) is 0 Å². The number of sulfonamides is 1. The van der Waals surface area contributed by atoms with Gasteiger partial charge in [0.1, 0.15) is 0 Å². The average Bonchev–Trinajstić information content (AvgIpc) is 2.60. The van der Waals surface area contributed by atoms with Crippen molar-refractivity contribution in [2.45, 2.75) is 29.9 Å². The number of pyridine rings is 1. The van der Waals surface area contributed by atoms with Crippen molar-refractivity contribution in [3.05, 3.63) is 36.7 Å². The van der Waals surface area contributed by atoms with Crippen LogP contribution in [0.25, 0.3) is 10.8 Å². The molecular weight excluding hydrogens is 314 g/mol. The molecule has 1 saturated heterocycles. The number of nitrogens with two attached hydrogens (primary N) is 1. The molecule has 0 amide bonds. The Bertz CT molecular complexity index is 789. The molecule has 1 aliphatic rings. The van der Waals surface area contributed by atoms with Crippen LogP contribution in [0.2, 0.25) is 0 Å². The number of benzene rings is 1. The maximum atomic E-state index is 13.2. The Labute approximate surface area is 136 Å². The number of nitrogens with zero attached hydrogens (tertiary/aromatic N) is 2. The molecule has 0 aliphatic carbocycles. The van der Waals surface area contributed by atoms with Gasteiger partial charge in [-0.25, -0.2) is 8.42 Å². The zero-order valence-corrected chi connectivity index (χ0v) is 13.9. The second-order valence-electron chi connectivity index (χ2n) is 5.74.